The van der Waals surface area contributed by atoms with Gasteiger partial charge in [-0.3, -0.25) is 0 Å². The maximum atomic E-state index is 5.73. The van der Waals surface area contributed by atoms with Gasteiger partial charge in [0.05, 0.1) is 0 Å². The first-order chi connectivity index (χ1) is 5.20. The molecule has 0 bridgehead atoms. The Labute approximate surface area is 92.5 Å². The average molecular weight is 388 g/mol. The fourth-order valence-corrected chi connectivity index (χ4v) is 3.48. The summed E-state index contributed by atoms with van der Waals surface area (Å²) in [6.07, 6.45) is 0. The Morgan fingerprint density at radius 3 is 2.45 bits per heavy atom. The molecule has 0 aliphatic carbocycles. The molecule has 0 nitrogen and oxygen atoms in total. The average Bonchev–Trinajstić information content (AvgIpc) is 1.93. The summed E-state index contributed by atoms with van der Waals surface area (Å²) in [6.45, 7) is 0. The normalized spacial score (nSPS) is 11.0. The van der Waals surface area contributed by atoms with Gasteiger partial charge in [-0.15, -0.1) is 0 Å². The van der Waals surface area contributed by atoms with Crippen LogP contribution in [-0.2, 0) is 13.5 Å². The molecule has 0 aromatic heterocycles. The molecule has 0 radical (unpaired) electrons. The van der Waals surface area contributed by atoms with Crippen LogP contribution in [0.1, 0.15) is 5.56 Å². The van der Waals surface area contributed by atoms with Crippen LogP contribution in [0.15, 0.2) is 24.3 Å². The molecule has 1 aromatic rings. The fourth-order valence-electron chi connectivity index (χ4n) is 0.641. The van der Waals surface area contributed by atoms with Crippen molar-refractivity contribution >= 4 is 46.6 Å². The van der Waals surface area contributed by atoms with Crippen LogP contribution in [0.5, 0.6) is 0 Å². The van der Waals surface area contributed by atoms with Gasteiger partial charge in [-0.1, -0.05) is 0 Å². The van der Waals surface area contributed by atoms with Crippen LogP contribution < -0.4 is 0 Å². The molecule has 0 fully saturated rings. The number of benzene rings is 1. The molecule has 0 spiro atoms. The molecular weight excluding hydrogens is 383 g/mol. The van der Waals surface area contributed by atoms with E-state index in [9.17, 15) is 0 Å². The van der Waals surface area contributed by atoms with Crippen LogP contribution in [0.4, 0.5) is 0 Å². The van der Waals surface area contributed by atoms with Gasteiger partial charge >= 0.3 is 93.5 Å². The topological polar surface area (TPSA) is 0 Å². The van der Waals surface area contributed by atoms with E-state index in [1.165, 1.54) is 3.57 Å². The molecule has 0 heterocycles. The Kier molecular flexibility index (Phi) is 4.51. The van der Waals surface area contributed by atoms with Gasteiger partial charge in [0.1, 0.15) is 0 Å². The number of rotatable bonds is 1. The second kappa shape index (κ2) is 4.91. The Hall–Kier alpha value is 1.02. The molecular formula is C7H5Cl2IRu. The van der Waals surface area contributed by atoms with Gasteiger partial charge in [0.25, 0.3) is 0 Å². The zero-order chi connectivity index (χ0) is 8.27. The van der Waals surface area contributed by atoms with Crippen LogP contribution in [0.3, 0.4) is 0 Å². The van der Waals surface area contributed by atoms with Crippen LogP contribution >= 0.6 is 42.0 Å². The monoisotopic (exact) mass is 388 g/mol. The Balaban J connectivity index is 3.04. The van der Waals surface area contributed by atoms with E-state index in [1.807, 2.05) is 28.9 Å². The van der Waals surface area contributed by atoms with E-state index in [1.54, 1.807) is 0 Å². The van der Waals surface area contributed by atoms with Gasteiger partial charge in [-0.25, -0.2) is 0 Å². The van der Waals surface area contributed by atoms with E-state index in [4.69, 9.17) is 19.4 Å². The SMILES string of the molecule is [Cl][Ru]([Cl])=[CH]c1ccccc1I. The second-order valence-electron chi connectivity index (χ2n) is 1.83. The summed E-state index contributed by atoms with van der Waals surface area (Å²) in [7, 11) is 11.5. The molecule has 0 N–H and O–H groups in total. The maximum absolute atomic E-state index is 5.73. The number of halogens is 3. The molecule has 1 aromatic carbocycles. The van der Waals surface area contributed by atoms with Gasteiger partial charge < -0.3 is 0 Å². The number of hydrogen-bond acceptors (Lipinski definition) is 0. The molecule has 1 rings (SSSR count). The van der Waals surface area contributed by atoms with Crippen molar-refractivity contribution in [1.82, 2.24) is 0 Å². The molecule has 62 valence electrons. The minimum absolute atomic E-state index is 1.15. The van der Waals surface area contributed by atoms with E-state index in [0.717, 1.165) is 5.56 Å². The Morgan fingerprint density at radius 1 is 1.27 bits per heavy atom. The summed E-state index contributed by atoms with van der Waals surface area (Å²) in [5, 5.41) is 0. The quantitative estimate of drug-likeness (QED) is 0.512. The Morgan fingerprint density at radius 2 is 1.91 bits per heavy atom. The molecule has 0 amide bonds. The molecule has 0 saturated carbocycles. The predicted molar refractivity (Wildman–Crippen MR) is 56.0 cm³/mol. The van der Waals surface area contributed by atoms with Gasteiger partial charge in [0.15, 0.2) is 0 Å². The molecule has 0 aliphatic heterocycles. The van der Waals surface area contributed by atoms with Crippen molar-refractivity contribution in [3.05, 3.63) is 33.4 Å². The van der Waals surface area contributed by atoms with Gasteiger partial charge in [-0.2, -0.15) is 0 Å². The van der Waals surface area contributed by atoms with Crippen LogP contribution in [-0.4, -0.2) is 4.61 Å². The molecule has 11 heavy (non-hydrogen) atoms. The third-order valence-electron chi connectivity index (χ3n) is 1.09. The zero-order valence-corrected chi connectivity index (χ0v) is 10.8. The van der Waals surface area contributed by atoms with Crippen molar-refractivity contribution < 1.29 is 13.5 Å². The van der Waals surface area contributed by atoms with E-state index < -0.39 is 13.5 Å². The van der Waals surface area contributed by atoms with E-state index >= 15 is 0 Å². The van der Waals surface area contributed by atoms with Crippen molar-refractivity contribution in [2.24, 2.45) is 0 Å². The van der Waals surface area contributed by atoms with Gasteiger partial charge in [0, 0.05) is 0 Å². The third-order valence-corrected chi connectivity index (χ3v) is 3.91. The van der Waals surface area contributed by atoms with E-state index in [2.05, 4.69) is 22.6 Å². The van der Waals surface area contributed by atoms with Crippen molar-refractivity contribution in [1.29, 1.82) is 0 Å². The first-order valence-corrected chi connectivity index (χ1v) is 9.33. The first-order valence-electron chi connectivity index (χ1n) is 2.78. The van der Waals surface area contributed by atoms with Crippen LogP contribution in [0.2, 0.25) is 0 Å². The van der Waals surface area contributed by atoms with Gasteiger partial charge in [0.2, 0.25) is 0 Å². The van der Waals surface area contributed by atoms with Crippen molar-refractivity contribution in [3.8, 4) is 0 Å². The molecule has 0 atom stereocenters. The molecule has 0 saturated heterocycles. The molecule has 0 aliphatic rings. The van der Waals surface area contributed by atoms with Gasteiger partial charge in [-0.05, 0) is 0 Å². The second-order valence-corrected chi connectivity index (χ2v) is 8.72. The summed E-state index contributed by atoms with van der Waals surface area (Å²) in [4.78, 5) is 0. The summed E-state index contributed by atoms with van der Waals surface area (Å²) in [5.74, 6) is 0. The number of hydrogen-bond donors (Lipinski definition) is 0. The van der Waals surface area contributed by atoms with Crippen LogP contribution in [0.25, 0.3) is 0 Å². The third kappa shape index (κ3) is 3.50. The first kappa shape index (κ1) is 10.1. The van der Waals surface area contributed by atoms with Crippen LogP contribution in [0, 0.1) is 3.57 Å². The summed E-state index contributed by atoms with van der Waals surface area (Å²) in [5.41, 5.74) is 1.15. The molecule has 0 unspecified atom stereocenters. The predicted octanol–water partition coefficient (Wildman–Crippen LogP) is 3.37. The van der Waals surface area contributed by atoms with E-state index in [0.29, 0.717) is 0 Å². The van der Waals surface area contributed by atoms with Crippen molar-refractivity contribution in [2.45, 2.75) is 0 Å². The standard InChI is InChI=1S/C7H5I.2ClH.Ru/c1-6-4-2-3-5-7(6)8;;;/h1-5H;2*1H;/q;;;+2/p-2. The minimum atomic E-state index is -1.65. The zero-order valence-electron chi connectivity index (χ0n) is 5.37. The Bertz CT molecular complexity index is 282. The molecule has 4 heteroatoms. The summed E-state index contributed by atoms with van der Waals surface area (Å²) in [6, 6.07) is 8.04. The fraction of sp³-hybridized carbons (Fsp3) is 0. The van der Waals surface area contributed by atoms with E-state index in [-0.39, 0.29) is 0 Å². The van der Waals surface area contributed by atoms with Crippen molar-refractivity contribution in [2.75, 3.05) is 0 Å². The summed E-state index contributed by atoms with van der Waals surface area (Å²) >= 11 is 0.620. The summed E-state index contributed by atoms with van der Waals surface area (Å²) < 4.78 is 3.15. The van der Waals surface area contributed by atoms with Crippen molar-refractivity contribution in [3.63, 3.8) is 0 Å².